The van der Waals surface area contributed by atoms with Crippen molar-refractivity contribution in [3.05, 3.63) is 35.4 Å². The number of aliphatic hydroxyl groups excluding tert-OH is 1. The number of benzene rings is 1. The van der Waals surface area contributed by atoms with E-state index in [2.05, 4.69) is 4.72 Å². The molecular weight excluding hydrogens is 430 g/mol. The molecule has 0 spiro atoms. The van der Waals surface area contributed by atoms with Gasteiger partial charge in [-0.05, 0) is 56.1 Å². The number of nitrogens with zero attached hydrogens (tertiary/aromatic N) is 1. The van der Waals surface area contributed by atoms with Gasteiger partial charge in [0.1, 0.15) is 6.61 Å². The fraction of sp³-hybridized carbons (Fsp3) is 0.667. The number of nitrogens with one attached hydrogen (secondary N) is 1. The molecule has 1 saturated carbocycles. The summed E-state index contributed by atoms with van der Waals surface area (Å²) in [4.78, 5) is 13.7. The van der Waals surface area contributed by atoms with Crippen molar-refractivity contribution in [3.8, 4) is 0 Å². The highest BCUT2D eigenvalue weighted by Crippen LogP contribution is 2.36. The summed E-state index contributed by atoms with van der Waals surface area (Å²) in [6.07, 6.45) is 4.78. The number of aliphatic hydroxyl groups is 1. The van der Waals surface area contributed by atoms with E-state index in [0.717, 1.165) is 12.3 Å². The quantitative estimate of drug-likeness (QED) is 0.648. The number of hydrogen-bond acceptors (Lipinski definition) is 5. The Labute approximate surface area is 181 Å². The zero-order valence-corrected chi connectivity index (χ0v) is 18.4. The van der Waals surface area contributed by atoms with Gasteiger partial charge in [-0.1, -0.05) is 12.1 Å². The summed E-state index contributed by atoms with van der Waals surface area (Å²) in [5.41, 5.74) is 0.392. The molecule has 2 aliphatic rings. The second-order valence-corrected chi connectivity index (χ2v) is 10.2. The third-order valence-corrected chi connectivity index (χ3v) is 6.93. The van der Waals surface area contributed by atoms with Crippen LogP contribution in [0.2, 0.25) is 0 Å². The largest absolute Gasteiger partial charge is 0.387 e. The molecule has 1 aromatic rings. The standard InChI is InChI=1S/C21H30F2N2O5S/c1-31(28,29)24-18-6-3-11-25(20(27)12-26)19(18)13-30-15-9-7-14(8-10-15)16-4-2-5-17(22)21(16)23/h2,4-5,14-15,18-19,24,26H,3,6-13H2,1H3/t14?,15?,18-,19-/m0/s1. The van der Waals surface area contributed by atoms with Crippen LogP contribution in [-0.2, 0) is 19.6 Å². The number of rotatable bonds is 7. The molecule has 0 bridgehead atoms. The first-order chi connectivity index (χ1) is 14.7. The summed E-state index contributed by atoms with van der Waals surface area (Å²) in [6, 6.07) is 3.24. The van der Waals surface area contributed by atoms with E-state index in [1.54, 1.807) is 6.07 Å². The van der Waals surface area contributed by atoms with Gasteiger partial charge in [0.05, 0.1) is 25.0 Å². The van der Waals surface area contributed by atoms with Crippen LogP contribution in [-0.4, -0.2) is 68.5 Å². The van der Waals surface area contributed by atoms with Crippen LogP contribution in [0.15, 0.2) is 18.2 Å². The number of carbonyl (C=O) groups excluding carboxylic acids is 1. The van der Waals surface area contributed by atoms with Crippen molar-refractivity contribution in [2.45, 2.75) is 62.6 Å². The van der Waals surface area contributed by atoms with Gasteiger partial charge < -0.3 is 14.7 Å². The maximum absolute atomic E-state index is 14.1. The number of carbonyl (C=O) groups is 1. The highest BCUT2D eigenvalue weighted by Gasteiger charge is 2.36. The number of sulfonamides is 1. The van der Waals surface area contributed by atoms with E-state index >= 15 is 0 Å². The average Bonchev–Trinajstić information content (AvgIpc) is 2.73. The van der Waals surface area contributed by atoms with Crippen molar-refractivity contribution in [2.24, 2.45) is 0 Å². The molecule has 1 aliphatic heterocycles. The van der Waals surface area contributed by atoms with E-state index in [9.17, 15) is 27.1 Å². The molecule has 1 amide bonds. The highest BCUT2D eigenvalue weighted by molar-refractivity contribution is 7.88. The number of likely N-dealkylation sites (tertiary alicyclic amines) is 1. The van der Waals surface area contributed by atoms with Gasteiger partial charge in [-0.25, -0.2) is 21.9 Å². The first-order valence-electron chi connectivity index (χ1n) is 10.6. The fourth-order valence-electron chi connectivity index (χ4n) is 4.69. The van der Waals surface area contributed by atoms with E-state index in [0.29, 0.717) is 50.6 Å². The summed E-state index contributed by atoms with van der Waals surface area (Å²) in [5, 5.41) is 9.29. The van der Waals surface area contributed by atoms with Gasteiger partial charge in [-0.2, -0.15) is 0 Å². The number of ether oxygens (including phenoxy) is 1. The Morgan fingerprint density at radius 2 is 1.94 bits per heavy atom. The van der Waals surface area contributed by atoms with E-state index < -0.39 is 46.3 Å². The van der Waals surface area contributed by atoms with Crippen molar-refractivity contribution in [1.29, 1.82) is 0 Å². The number of halogens is 2. The molecule has 1 aliphatic carbocycles. The highest BCUT2D eigenvalue weighted by atomic mass is 32.2. The van der Waals surface area contributed by atoms with Crippen LogP contribution in [0, 0.1) is 11.6 Å². The van der Waals surface area contributed by atoms with Crippen LogP contribution in [0.25, 0.3) is 0 Å². The molecule has 31 heavy (non-hydrogen) atoms. The molecule has 3 rings (SSSR count). The van der Waals surface area contributed by atoms with Crippen molar-refractivity contribution in [2.75, 3.05) is 26.0 Å². The molecule has 7 nitrogen and oxygen atoms in total. The summed E-state index contributed by atoms with van der Waals surface area (Å²) in [5.74, 6) is -2.16. The molecule has 2 atom stereocenters. The van der Waals surface area contributed by atoms with Gasteiger partial charge in [0, 0.05) is 12.6 Å². The van der Waals surface area contributed by atoms with Crippen LogP contribution in [0.1, 0.15) is 50.0 Å². The molecule has 1 saturated heterocycles. The Hall–Kier alpha value is -1.62. The molecule has 0 unspecified atom stereocenters. The summed E-state index contributed by atoms with van der Waals surface area (Å²) < 4.78 is 59.8. The molecule has 0 aromatic heterocycles. The predicted molar refractivity (Wildman–Crippen MR) is 111 cm³/mol. The molecule has 10 heteroatoms. The Bertz CT molecular complexity index is 875. The molecule has 2 N–H and O–H groups in total. The first-order valence-corrected chi connectivity index (χ1v) is 12.5. The van der Waals surface area contributed by atoms with E-state index in [1.165, 1.54) is 11.0 Å². The van der Waals surface area contributed by atoms with Gasteiger partial charge in [0.15, 0.2) is 11.6 Å². The minimum absolute atomic E-state index is 0.0719. The molecule has 1 heterocycles. The zero-order valence-electron chi connectivity index (χ0n) is 17.6. The third-order valence-electron chi connectivity index (χ3n) is 6.20. The normalized spacial score (nSPS) is 27.3. The zero-order chi connectivity index (χ0) is 22.6. The van der Waals surface area contributed by atoms with Gasteiger partial charge >= 0.3 is 0 Å². The van der Waals surface area contributed by atoms with Crippen molar-refractivity contribution in [3.63, 3.8) is 0 Å². The minimum Gasteiger partial charge on any atom is -0.387 e. The Balaban J connectivity index is 1.61. The van der Waals surface area contributed by atoms with Gasteiger partial charge in [0.25, 0.3) is 0 Å². The van der Waals surface area contributed by atoms with Crippen molar-refractivity contribution >= 4 is 15.9 Å². The van der Waals surface area contributed by atoms with Crippen LogP contribution < -0.4 is 4.72 Å². The van der Waals surface area contributed by atoms with E-state index in [1.807, 2.05) is 0 Å². The van der Waals surface area contributed by atoms with Crippen LogP contribution >= 0.6 is 0 Å². The molecule has 0 radical (unpaired) electrons. The van der Waals surface area contributed by atoms with Gasteiger partial charge in [-0.15, -0.1) is 0 Å². The summed E-state index contributed by atoms with van der Waals surface area (Å²) >= 11 is 0. The lowest BCUT2D eigenvalue weighted by molar-refractivity contribution is -0.141. The summed E-state index contributed by atoms with van der Waals surface area (Å²) in [7, 11) is -3.47. The van der Waals surface area contributed by atoms with Crippen molar-refractivity contribution in [1.82, 2.24) is 9.62 Å². The second kappa shape index (κ2) is 10.3. The molecule has 1 aromatic carbocycles. The monoisotopic (exact) mass is 460 g/mol. The van der Waals surface area contributed by atoms with E-state index in [4.69, 9.17) is 4.74 Å². The van der Waals surface area contributed by atoms with Crippen molar-refractivity contribution < 1.29 is 31.8 Å². The maximum atomic E-state index is 14.1. The topological polar surface area (TPSA) is 95.9 Å². The SMILES string of the molecule is CS(=O)(=O)N[C@H]1CCCN(C(=O)CO)[C@H]1COC1CCC(c2cccc(F)c2F)CC1. The molecular formula is C21H30F2N2O5S. The minimum atomic E-state index is -3.47. The molecule has 2 fully saturated rings. The number of amides is 1. The van der Waals surface area contributed by atoms with Crippen LogP contribution in [0.3, 0.4) is 0 Å². The van der Waals surface area contributed by atoms with Crippen LogP contribution in [0.4, 0.5) is 8.78 Å². The smallest absolute Gasteiger partial charge is 0.248 e. The average molecular weight is 461 g/mol. The second-order valence-electron chi connectivity index (χ2n) is 8.40. The third kappa shape index (κ3) is 6.21. The lowest BCUT2D eigenvalue weighted by atomic mass is 9.82. The lowest BCUT2D eigenvalue weighted by Gasteiger charge is -2.42. The Kier molecular flexibility index (Phi) is 8.01. The van der Waals surface area contributed by atoms with Gasteiger partial charge in [-0.3, -0.25) is 4.79 Å². The predicted octanol–water partition coefficient (Wildman–Crippen LogP) is 1.91. The fourth-order valence-corrected chi connectivity index (χ4v) is 5.51. The molecule has 174 valence electrons. The number of hydrogen-bond donors (Lipinski definition) is 2. The lowest BCUT2D eigenvalue weighted by Crippen LogP contribution is -2.59. The van der Waals surface area contributed by atoms with E-state index in [-0.39, 0.29) is 18.6 Å². The van der Waals surface area contributed by atoms with Crippen LogP contribution in [0.5, 0.6) is 0 Å². The Morgan fingerprint density at radius 1 is 1.23 bits per heavy atom. The Morgan fingerprint density at radius 3 is 2.58 bits per heavy atom. The summed E-state index contributed by atoms with van der Waals surface area (Å²) in [6.45, 7) is -0.0735. The number of piperidine rings is 1. The first kappa shape index (κ1) is 24.0. The van der Waals surface area contributed by atoms with Gasteiger partial charge in [0.2, 0.25) is 15.9 Å². The maximum Gasteiger partial charge on any atom is 0.248 e.